The molecule has 2 aromatic rings. The molecule has 2 aromatic carbocycles. The Labute approximate surface area is 129 Å². The van der Waals surface area contributed by atoms with E-state index in [1.165, 1.54) is 0 Å². The van der Waals surface area contributed by atoms with Crippen LogP contribution in [0.1, 0.15) is 24.1 Å². The van der Waals surface area contributed by atoms with Crippen LogP contribution in [0.3, 0.4) is 0 Å². The van der Waals surface area contributed by atoms with Crippen LogP contribution >= 0.6 is 23.2 Å². The van der Waals surface area contributed by atoms with Gasteiger partial charge in [-0.05, 0) is 36.8 Å². The summed E-state index contributed by atoms with van der Waals surface area (Å²) in [6.07, 6.45) is 0. The van der Waals surface area contributed by atoms with E-state index in [1.54, 1.807) is 6.07 Å². The molecule has 1 unspecified atom stereocenters. The lowest BCUT2D eigenvalue weighted by molar-refractivity contribution is 0.282. The molecular weight excluding hydrogens is 293 g/mol. The second kappa shape index (κ2) is 6.49. The van der Waals surface area contributed by atoms with Crippen molar-refractivity contribution in [1.29, 1.82) is 0 Å². The molecule has 2 rings (SSSR count). The number of aliphatic hydroxyl groups is 1. The van der Waals surface area contributed by atoms with Crippen molar-refractivity contribution >= 4 is 28.9 Å². The van der Waals surface area contributed by atoms with Gasteiger partial charge in [-0.25, -0.2) is 0 Å². The summed E-state index contributed by atoms with van der Waals surface area (Å²) in [4.78, 5) is 2.10. The molecule has 4 heteroatoms. The Kier molecular flexibility index (Phi) is 4.92. The average molecular weight is 310 g/mol. The Hall–Kier alpha value is -1.22. The van der Waals surface area contributed by atoms with Crippen molar-refractivity contribution in [3.05, 3.63) is 63.6 Å². The zero-order chi connectivity index (χ0) is 14.7. The summed E-state index contributed by atoms with van der Waals surface area (Å²) in [7, 11) is 1.99. The lowest BCUT2D eigenvalue weighted by atomic mass is 10.1. The number of nitrogens with zero attached hydrogens (tertiary/aromatic N) is 1. The second-order valence-electron chi connectivity index (χ2n) is 4.77. The van der Waals surface area contributed by atoms with Crippen molar-refractivity contribution in [1.82, 2.24) is 0 Å². The fraction of sp³-hybridized carbons (Fsp3) is 0.250. The molecule has 0 spiro atoms. The number of anilines is 1. The molecule has 0 bridgehead atoms. The number of hydrogen-bond donors (Lipinski definition) is 1. The predicted octanol–water partition coefficient (Wildman–Crippen LogP) is 4.68. The van der Waals surface area contributed by atoms with Gasteiger partial charge in [-0.2, -0.15) is 0 Å². The quantitative estimate of drug-likeness (QED) is 0.886. The summed E-state index contributed by atoms with van der Waals surface area (Å²) < 4.78 is 0. The molecule has 0 aromatic heterocycles. The van der Waals surface area contributed by atoms with Crippen molar-refractivity contribution in [2.75, 3.05) is 11.9 Å². The van der Waals surface area contributed by atoms with Gasteiger partial charge >= 0.3 is 0 Å². The lowest BCUT2D eigenvalue weighted by Crippen LogP contribution is -2.22. The molecule has 0 fully saturated rings. The van der Waals surface area contributed by atoms with E-state index in [1.807, 2.05) is 43.4 Å². The summed E-state index contributed by atoms with van der Waals surface area (Å²) in [5.41, 5.74) is 2.95. The van der Waals surface area contributed by atoms with Crippen molar-refractivity contribution in [3.8, 4) is 0 Å². The van der Waals surface area contributed by atoms with Crippen molar-refractivity contribution in [2.45, 2.75) is 19.6 Å². The van der Waals surface area contributed by atoms with Gasteiger partial charge < -0.3 is 10.0 Å². The Balaban J connectivity index is 2.32. The van der Waals surface area contributed by atoms with Gasteiger partial charge in [0.25, 0.3) is 0 Å². The molecule has 1 N–H and O–H groups in total. The molecule has 106 valence electrons. The number of benzene rings is 2. The van der Waals surface area contributed by atoms with Gasteiger partial charge in [-0.1, -0.05) is 41.4 Å². The van der Waals surface area contributed by atoms with E-state index in [4.69, 9.17) is 23.2 Å². The van der Waals surface area contributed by atoms with E-state index in [9.17, 15) is 5.11 Å². The van der Waals surface area contributed by atoms with Gasteiger partial charge in [0, 0.05) is 28.3 Å². The molecule has 2 nitrogen and oxygen atoms in total. The minimum Gasteiger partial charge on any atom is -0.392 e. The number of aliphatic hydroxyl groups excluding tert-OH is 1. The number of rotatable bonds is 4. The maximum Gasteiger partial charge on any atom is 0.0702 e. The molecule has 20 heavy (non-hydrogen) atoms. The molecule has 0 saturated heterocycles. The third-order valence-corrected chi connectivity index (χ3v) is 4.02. The molecule has 0 radical (unpaired) electrons. The largest absolute Gasteiger partial charge is 0.392 e. The molecule has 0 amide bonds. The first-order chi connectivity index (χ1) is 9.52. The molecule has 0 aliphatic rings. The van der Waals surface area contributed by atoms with Crippen molar-refractivity contribution in [2.24, 2.45) is 0 Å². The smallest absolute Gasteiger partial charge is 0.0702 e. The van der Waals surface area contributed by atoms with Gasteiger partial charge in [0.15, 0.2) is 0 Å². The van der Waals surface area contributed by atoms with Gasteiger partial charge in [0.1, 0.15) is 0 Å². The first kappa shape index (κ1) is 15.2. The van der Waals surface area contributed by atoms with Crippen LogP contribution in [-0.2, 0) is 6.61 Å². The fourth-order valence-electron chi connectivity index (χ4n) is 2.17. The van der Waals surface area contributed by atoms with E-state index in [0.717, 1.165) is 21.8 Å². The van der Waals surface area contributed by atoms with Crippen LogP contribution in [0.15, 0.2) is 42.5 Å². The minimum atomic E-state index is -0.00974. The summed E-state index contributed by atoms with van der Waals surface area (Å²) in [5.74, 6) is 0. The molecule has 0 saturated carbocycles. The summed E-state index contributed by atoms with van der Waals surface area (Å²) >= 11 is 12.0. The van der Waals surface area contributed by atoms with Gasteiger partial charge in [0.2, 0.25) is 0 Å². The van der Waals surface area contributed by atoms with Gasteiger partial charge in [0.05, 0.1) is 12.6 Å². The van der Waals surface area contributed by atoms with Crippen LogP contribution in [0.25, 0.3) is 0 Å². The third-order valence-electron chi connectivity index (χ3n) is 3.53. The normalized spacial score (nSPS) is 12.2. The molecule has 0 heterocycles. The predicted molar refractivity (Wildman–Crippen MR) is 85.6 cm³/mol. The highest BCUT2D eigenvalue weighted by Crippen LogP contribution is 2.31. The molecule has 1 atom stereocenters. The van der Waals surface area contributed by atoms with Crippen LogP contribution < -0.4 is 4.90 Å². The Bertz CT molecular complexity index is 584. The van der Waals surface area contributed by atoms with Crippen LogP contribution in [0.5, 0.6) is 0 Å². The number of hydrogen-bond acceptors (Lipinski definition) is 2. The third kappa shape index (κ3) is 3.26. The maximum atomic E-state index is 9.46. The Morgan fingerprint density at radius 3 is 2.25 bits per heavy atom. The highest BCUT2D eigenvalue weighted by Gasteiger charge is 2.15. The topological polar surface area (TPSA) is 23.5 Å². The number of halogens is 2. The molecule has 0 aliphatic carbocycles. The van der Waals surface area contributed by atoms with Crippen molar-refractivity contribution < 1.29 is 5.11 Å². The van der Waals surface area contributed by atoms with Crippen LogP contribution in [-0.4, -0.2) is 12.2 Å². The van der Waals surface area contributed by atoms with Gasteiger partial charge in [-0.3, -0.25) is 0 Å². The SMILES string of the molecule is CC(c1ccc(Cl)cc1)N(C)c1cc(Cl)ccc1CO. The van der Waals surface area contributed by atoms with Gasteiger partial charge in [-0.15, -0.1) is 0 Å². The zero-order valence-electron chi connectivity index (χ0n) is 11.5. The van der Waals surface area contributed by atoms with E-state index < -0.39 is 0 Å². The van der Waals surface area contributed by atoms with Crippen LogP contribution in [0.2, 0.25) is 10.0 Å². The average Bonchev–Trinajstić information content (AvgIpc) is 2.46. The van der Waals surface area contributed by atoms with Crippen molar-refractivity contribution in [3.63, 3.8) is 0 Å². The first-order valence-electron chi connectivity index (χ1n) is 6.40. The lowest BCUT2D eigenvalue weighted by Gasteiger charge is -2.29. The Morgan fingerprint density at radius 2 is 1.65 bits per heavy atom. The monoisotopic (exact) mass is 309 g/mol. The molecule has 0 aliphatic heterocycles. The summed E-state index contributed by atoms with van der Waals surface area (Å²) in [5, 5.41) is 10.8. The van der Waals surface area contributed by atoms with Crippen LogP contribution in [0.4, 0.5) is 5.69 Å². The van der Waals surface area contributed by atoms with E-state index in [0.29, 0.717) is 5.02 Å². The first-order valence-corrected chi connectivity index (χ1v) is 7.16. The van der Waals surface area contributed by atoms with E-state index >= 15 is 0 Å². The van der Waals surface area contributed by atoms with Crippen LogP contribution in [0, 0.1) is 0 Å². The highest BCUT2D eigenvalue weighted by atomic mass is 35.5. The Morgan fingerprint density at radius 1 is 1.05 bits per heavy atom. The standard InChI is InChI=1S/C16H17Cl2NO/c1-11(12-3-6-14(17)7-4-12)19(2)16-9-15(18)8-5-13(16)10-20/h3-9,11,20H,10H2,1-2H3. The maximum absolute atomic E-state index is 9.46. The zero-order valence-corrected chi connectivity index (χ0v) is 13.0. The van der Waals surface area contributed by atoms with E-state index in [2.05, 4.69) is 11.8 Å². The second-order valence-corrected chi connectivity index (χ2v) is 5.64. The molecular formula is C16H17Cl2NO. The van der Waals surface area contributed by atoms with E-state index in [-0.39, 0.29) is 12.6 Å². The highest BCUT2D eigenvalue weighted by molar-refractivity contribution is 6.31. The minimum absolute atomic E-state index is 0.00974. The summed E-state index contributed by atoms with van der Waals surface area (Å²) in [6.45, 7) is 2.09. The fourth-order valence-corrected chi connectivity index (χ4v) is 2.46. The summed E-state index contributed by atoms with van der Waals surface area (Å²) in [6, 6.07) is 13.4.